The summed E-state index contributed by atoms with van der Waals surface area (Å²) in [6, 6.07) is -3.71. The summed E-state index contributed by atoms with van der Waals surface area (Å²) >= 11 is 0. The van der Waals surface area contributed by atoms with Crippen molar-refractivity contribution in [3.63, 3.8) is 0 Å². The molecule has 5 fully saturated rings. The smallest absolute Gasteiger partial charge is 0.326 e. The Labute approximate surface area is 325 Å². The highest BCUT2D eigenvalue weighted by Gasteiger charge is 2.38. The Morgan fingerprint density at radius 3 is 0.661 bits per heavy atom. The molecule has 20 nitrogen and oxygen atoms in total. The molecule has 0 spiro atoms. The van der Waals surface area contributed by atoms with Gasteiger partial charge in [-0.2, -0.15) is 0 Å². The molecule has 0 aromatic heterocycles. The standard InChI is InChI=1S/C36H56N8O12/c45-29(41-9-1-5-25(41)33(49)50)21-37-13-15-38(22-30(46)42-10-2-6-26(42)34(51)52)17-19-40(24-32(48)44-12-4-8-28(44)36(55)56)20-18-39(16-14-37)23-31(47)43-11-3-7-27(43)35(53)54/h25-28H,1-24H2,(H,49,50)(H,51,52)(H,53,54)(H,55,56)/t25-,26-,27-,28-/m0/s1. The molecular formula is C36H56N8O12. The van der Waals surface area contributed by atoms with E-state index < -0.39 is 48.0 Å². The maximum Gasteiger partial charge on any atom is 0.326 e. The van der Waals surface area contributed by atoms with Gasteiger partial charge in [0.25, 0.3) is 0 Å². The summed E-state index contributed by atoms with van der Waals surface area (Å²) in [4.78, 5) is 115. The van der Waals surface area contributed by atoms with Crippen LogP contribution in [0.2, 0.25) is 0 Å². The third kappa shape index (κ3) is 10.9. The quantitative estimate of drug-likeness (QED) is 0.160. The van der Waals surface area contributed by atoms with Crippen LogP contribution < -0.4 is 0 Å². The van der Waals surface area contributed by atoms with Crippen LogP contribution in [-0.4, -0.2) is 236 Å². The molecule has 5 rings (SSSR count). The Bertz CT molecular complexity index is 1270. The van der Waals surface area contributed by atoms with Gasteiger partial charge in [-0.15, -0.1) is 0 Å². The van der Waals surface area contributed by atoms with Gasteiger partial charge < -0.3 is 40.0 Å². The molecule has 56 heavy (non-hydrogen) atoms. The van der Waals surface area contributed by atoms with Gasteiger partial charge >= 0.3 is 23.9 Å². The molecule has 0 aliphatic carbocycles. The van der Waals surface area contributed by atoms with E-state index in [9.17, 15) is 58.8 Å². The highest BCUT2D eigenvalue weighted by molar-refractivity contribution is 5.87. The first-order valence-electron chi connectivity index (χ1n) is 19.7. The van der Waals surface area contributed by atoms with Crippen molar-refractivity contribution < 1.29 is 58.8 Å². The molecule has 0 aromatic carbocycles. The Kier molecular flexibility index (Phi) is 15.0. The van der Waals surface area contributed by atoms with E-state index in [1.54, 1.807) is 0 Å². The summed E-state index contributed by atoms with van der Waals surface area (Å²) in [5.74, 6) is -5.74. The lowest BCUT2D eigenvalue weighted by Gasteiger charge is -2.36. The number of nitrogens with zero attached hydrogens (tertiary/aromatic N) is 8. The number of hydrogen-bond donors (Lipinski definition) is 4. The fourth-order valence-electron chi connectivity index (χ4n) is 8.63. The lowest BCUT2D eigenvalue weighted by molar-refractivity contribution is -0.149. The molecule has 5 heterocycles. The SMILES string of the molecule is O=C(O)[C@@H]1CCCN1C(=O)CN1CCN(CC(=O)N2CCC[C@H]2C(=O)O)CCN(CC(=O)N2CCC[C@H]2C(=O)O)CCN(CC(=O)N2CCC[C@H]2C(=O)O)CC1. The fourth-order valence-corrected chi connectivity index (χ4v) is 8.63. The average Bonchev–Trinajstić information content (AvgIpc) is 3.98. The van der Waals surface area contributed by atoms with Gasteiger partial charge in [-0.1, -0.05) is 0 Å². The zero-order chi connectivity index (χ0) is 40.5. The molecule has 4 amide bonds. The Hall–Kier alpha value is -4.40. The molecule has 5 aliphatic heterocycles. The zero-order valence-electron chi connectivity index (χ0n) is 31.9. The minimum atomic E-state index is -1.08. The van der Waals surface area contributed by atoms with Crippen LogP contribution in [0.3, 0.4) is 0 Å². The molecule has 0 saturated carbocycles. The number of likely N-dealkylation sites (tertiary alicyclic amines) is 4. The van der Waals surface area contributed by atoms with Gasteiger partial charge in [-0.25, -0.2) is 19.2 Å². The average molecular weight is 793 g/mol. The summed E-state index contributed by atoms with van der Waals surface area (Å²) in [7, 11) is 0. The lowest BCUT2D eigenvalue weighted by atomic mass is 10.2. The number of carboxylic acids is 4. The molecule has 20 heteroatoms. The largest absolute Gasteiger partial charge is 0.480 e. The van der Waals surface area contributed by atoms with E-state index in [2.05, 4.69) is 0 Å². The van der Waals surface area contributed by atoms with Gasteiger partial charge in [0, 0.05) is 78.5 Å². The van der Waals surface area contributed by atoms with Crippen molar-refractivity contribution in [3.8, 4) is 0 Å². The van der Waals surface area contributed by atoms with Gasteiger partial charge in [-0.3, -0.25) is 38.8 Å². The highest BCUT2D eigenvalue weighted by Crippen LogP contribution is 2.21. The first kappa shape index (κ1) is 42.7. The van der Waals surface area contributed by atoms with Crippen molar-refractivity contribution in [2.24, 2.45) is 0 Å². The third-order valence-electron chi connectivity index (χ3n) is 11.8. The summed E-state index contributed by atoms with van der Waals surface area (Å²) in [6.07, 6.45) is 3.64. The summed E-state index contributed by atoms with van der Waals surface area (Å²) in [5, 5.41) is 38.9. The highest BCUT2D eigenvalue weighted by atomic mass is 16.4. The maximum absolute atomic E-state index is 13.6. The van der Waals surface area contributed by atoms with Crippen LogP contribution in [-0.2, 0) is 38.4 Å². The summed E-state index contributed by atoms with van der Waals surface area (Å²) < 4.78 is 0. The topological polar surface area (TPSA) is 243 Å². The normalized spacial score (nSPS) is 26.6. The maximum atomic E-state index is 13.6. The van der Waals surface area contributed by atoms with E-state index >= 15 is 0 Å². The summed E-state index contributed by atoms with van der Waals surface area (Å²) in [5.41, 5.74) is 0. The van der Waals surface area contributed by atoms with E-state index in [1.165, 1.54) is 19.6 Å². The van der Waals surface area contributed by atoms with Crippen LogP contribution in [0.25, 0.3) is 0 Å². The van der Waals surface area contributed by atoms with Crippen molar-refractivity contribution in [2.45, 2.75) is 75.5 Å². The van der Waals surface area contributed by atoms with E-state index in [4.69, 9.17) is 0 Å². The Balaban J connectivity index is 1.37. The van der Waals surface area contributed by atoms with Crippen molar-refractivity contribution in [1.29, 1.82) is 0 Å². The zero-order valence-corrected chi connectivity index (χ0v) is 31.9. The Morgan fingerprint density at radius 2 is 0.500 bits per heavy atom. The minimum Gasteiger partial charge on any atom is -0.480 e. The molecule has 5 aliphatic rings. The van der Waals surface area contributed by atoms with Crippen molar-refractivity contribution >= 4 is 47.5 Å². The van der Waals surface area contributed by atoms with Crippen LogP contribution in [0.15, 0.2) is 0 Å². The molecule has 5 saturated heterocycles. The van der Waals surface area contributed by atoms with Crippen molar-refractivity contribution in [1.82, 2.24) is 39.2 Å². The minimum absolute atomic E-state index is 0.116. The number of aliphatic carboxylic acids is 4. The second kappa shape index (κ2) is 19.6. The molecule has 0 unspecified atom stereocenters. The lowest BCUT2D eigenvalue weighted by Crippen LogP contribution is -2.53. The molecule has 312 valence electrons. The van der Waals surface area contributed by atoms with Crippen LogP contribution in [0, 0.1) is 0 Å². The molecule has 4 atom stereocenters. The number of carboxylic acid groups (broad SMARTS) is 4. The number of carbonyl (C=O) groups is 8. The number of rotatable bonds is 12. The molecular weight excluding hydrogens is 736 g/mol. The second-order valence-electron chi connectivity index (χ2n) is 15.4. The van der Waals surface area contributed by atoms with Crippen LogP contribution >= 0.6 is 0 Å². The molecule has 0 bridgehead atoms. The number of carbonyl (C=O) groups excluding carboxylic acids is 4. The monoisotopic (exact) mass is 792 g/mol. The second-order valence-corrected chi connectivity index (χ2v) is 15.4. The molecule has 0 radical (unpaired) electrons. The van der Waals surface area contributed by atoms with Gasteiger partial charge in [0.15, 0.2) is 0 Å². The van der Waals surface area contributed by atoms with Crippen LogP contribution in [0.1, 0.15) is 51.4 Å². The molecule has 4 N–H and O–H groups in total. The van der Waals surface area contributed by atoms with Gasteiger partial charge in [-0.05, 0) is 51.4 Å². The third-order valence-corrected chi connectivity index (χ3v) is 11.8. The van der Waals surface area contributed by atoms with Crippen LogP contribution in [0.5, 0.6) is 0 Å². The van der Waals surface area contributed by atoms with Gasteiger partial charge in [0.1, 0.15) is 24.2 Å². The van der Waals surface area contributed by atoms with E-state index in [1.807, 2.05) is 19.6 Å². The van der Waals surface area contributed by atoms with Gasteiger partial charge in [0.2, 0.25) is 23.6 Å². The predicted octanol–water partition coefficient (Wildman–Crippen LogP) is -2.49. The van der Waals surface area contributed by atoms with E-state index in [0.717, 1.165) is 0 Å². The van der Waals surface area contributed by atoms with Crippen molar-refractivity contribution in [2.75, 3.05) is 105 Å². The van der Waals surface area contributed by atoms with Crippen LogP contribution in [0.4, 0.5) is 0 Å². The van der Waals surface area contributed by atoms with E-state index in [0.29, 0.717) is 77.5 Å². The first-order valence-corrected chi connectivity index (χ1v) is 19.7. The first-order chi connectivity index (χ1) is 26.7. The van der Waals surface area contributed by atoms with E-state index in [-0.39, 0.29) is 102 Å². The predicted molar refractivity (Wildman–Crippen MR) is 195 cm³/mol. The van der Waals surface area contributed by atoms with Gasteiger partial charge in [0.05, 0.1) is 26.2 Å². The molecule has 0 aromatic rings. The Morgan fingerprint density at radius 1 is 0.321 bits per heavy atom. The fraction of sp³-hybridized carbons (Fsp3) is 0.778. The van der Waals surface area contributed by atoms with Crippen molar-refractivity contribution in [3.05, 3.63) is 0 Å². The number of hydrogen-bond acceptors (Lipinski definition) is 12. The summed E-state index contributed by atoms with van der Waals surface area (Å²) in [6.45, 7) is 2.85. The number of amides is 4.